The van der Waals surface area contributed by atoms with Gasteiger partial charge in [0, 0.05) is 32.0 Å². The summed E-state index contributed by atoms with van der Waals surface area (Å²) in [5.74, 6) is 0.527. The Morgan fingerprint density at radius 1 is 1.27 bits per heavy atom. The maximum atomic E-state index is 12.8. The number of rotatable bonds is 4. The molecule has 0 unspecified atom stereocenters. The Labute approximate surface area is 127 Å². The third kappa shape index (κ3) is 3.49. The van der Waals surface area contributed by atoms with E-state index in [4.69, 9.17) is 0 Å². The van der Waals surface area contributed by atoms with Crippen LogP contribution in [0, 0.1) is 5.82 Å². The molecule has 0 atom stereocenters. The fraction of sp³-hybridized carbons (Fsp3) is 0.267. The van der Waals surface area contributed by atoms with Crippen LogP contribution in [-0.4, -0.2) is 35.1 Å². The van der Waals surface area contributed by atoms with E-state index in [9.17, 15) is 9.18 Å². The van der Waals surface area contributed by atoms with E-state index in [1.165, 1.54) is 12.1 Å². The van der Waals surface area contributed by atoms with Gasteiger partial charge in [0.05, 0.1) is 12.2 Å². The molecule has 0 bridgehead atoms. The van der Waals surface area contributed by atoms with E-state index in [0.717, 1.165) is 11.4 Å². The monoisotopic (exact) mass is 301 g/mol. The summed E-state index contributed by atoms with van der Waals surface area (Å²) in [6.07, 6.45) is 4.97. The molecule has 1 fully saturated rings. The Morgan fingerprint density at radius 3 is 2.73 bits per heavy atom. The van der Waals surface area contributed by atoms with Gasteiger partial charge in [-0.05, 0) is 17.7 Å². The van der Waals surface area contributed by atoms with Gasteiger partial charge in [-0.25, -0.2) is 14.2 Å². The maximum Gasteiger partial charge on any atom is 0.315 e. The van der Waals surface area contributed by atoms with Crippen molar-refractivity contribution in [3.8, 4) is 0 Å². The number of benzene rings is 1. The van der Waals surface area contributed by atoms with Gasteiger partial charge in [0.15, 0.2) is 0 Å². The summed E-state index contributed by atoms with van der Waals surface area (Å²) in [6.45, 7) is 1.79. The summed E-state index contributed by atoms with van der Waals surface area (Å²) in [7, 11) is 0. The lowest BCUT2D eigenvalue weighted by Gasteiger charge is -2.40. The van der Waals surface area contributed by atoms with Crippen molar-refractivity contribution in [1.29, 1.82) is 0 Å². The predicted molar refractivity (Wildman–Crippen MR) is 79.8 cm³/mol. The van der Waals surface area contributed by atoms with Crippen LogP contribution in [0.4, 0.5) is 15.0 Å². The zero-order valence-electron chi connectivity index (χ0n) is 11.9. The first-order valence-electron chi connectivity index (χ1n) is 7.00. The molecule has 2 heterocycles. The molecule has 1 aliphatic heterocycles. The Kier molecular flexibility index (Phi) is 4.13. The van der Waals surface area contributed by atoms with Gasteiger partial charge < -0.3 is 15.5 Å². The Bertz CT molecular complexity index is 628. The van der Waals surface area contributed by atoms with Crippen LogP contribution in [0.5, 0.6) is 0 Å². The first-order chi connectivity index (χ1) is 10.7. The van der Waals surface area contributed by atoms with E-state index in [1.54, 1.807) is 30.7 Å². The minimum absolute atomic E-state index is 0.0928. The molecule has 0 radical (unpaired) electrons. The second-order valence-corrected chi connectivity index (χ2v) is 5.12. The summed E-state index contributed by atoms with van der Waals surface area (Å²) in [4.78, 5) is 22.0. The molecule has 2 aromatic rings. The number of aromatic nitrogens is 2. The Hall–Kier alpha value is -2.70. The summed E-state index contributed by atoms with van der Waals surface area (Å²) in [5.41, 5.74) is 0.853. The lowest BCUT2D eigenvalue weighted by atomic mass is 10.1. The minimum atomic E-state index is -0.285. The third-order valence-corrected chi connectivity index (χ3v) is 3.46. The summed E-state index contributed by atoms with van der Waals surface area (Å²) in [6, 6.07) is 5.91. The molecule has 6 nitrogen and oxygen atoms in total. The topological polar surface area (TPSA) is 70.2 Å². The molecule has 2 N–H and O–H groups in total. The lowest BCUT2D eigenvalue weighted by Crippen LogP contribution is -2.61. The standard InChI is InChI=1S/C15H16FN5O/c16-12-3-1-11(2-4-12)7-19-15(22)20-13-9-21(10-13)14-8-17-5-6-18-14/h1-6,8,13H,7,9-10H2,(H2,19,20,22). The molecule has 7 heteroatoms. The third-order valence-electron chi connectivity index (χ3n) is 3.46. The maximum absolute atomic E-state index is 12.8. The number of hydrogen-bond donors (Lipinski definition) is 2. The summed E-state index contributed by atoms with van der Waals surface area (Å²) in [5, 5.41) is 5.64. The fourth-order valence-corrected chi connectivity index (χ4v) is 2.23. The number of halogens is 1. The highest BCUT2D eigenvalue weighted by atomic mass is 19.1. The Morgan fingerprint density at radius 2 is 2.05 bits per heavy atom. The van der Waals surface area contributed by atoms with Crippen LogP contribution in [0.2, 0.25) is 0 Å². The van der Waals surface area contributed by atoms with Crippen molar-refractivity contribution >= 4 is 11.8 Å². The van der Waals surface area contributed by atoms with Crippen molar-refractivity contribution in [3.05, 3.63) is 54.2 Å². The van der Waals surface area contributed by atoms with E-state index >= 15 is 0 Å². The highest BCUT2D eigenvalue weighted by Crippen LogP contribution is 2.16. The molecule has 3 rings (SSSR count). The molecule has 0 saturated carbocycles. The van der Waals surface area contributed by atoms with Gasteiger partial charge in [-0.3, -0.25) is 4.98 Å². The number of nitrogens with zero attached hydrogens (tertiary/aromatic N) is 3. The van der Waals surface area contributed by atoms with Crippen LogP contribution in [0.3, 0.4) is 0 Å². The smallest absolute Gasteiger partial charge is 0.315 e. The van der Waals surface area contributed by atoms with Crippen molar-refractivity contribution in [2.45, 2.75) is 12.6 Å². The average Bonchev–Trinajstić information content (AvgIpc) is 2.51. The van der Waals surface area contributed by atoms with Crippen molar-refractivity contribution in [2.75, 3.05) is 18.0 Å². The molecule has 1 aliphatic rings. The van der Waals surface area contributed by atoms with Crippen molar-refractivity contribution in [2.24, 2.45) is 0 Å². The minimum Gasteiger partial charge on any atom is -0.351 e. The van der Waals surface area contributed by atoms with E-state index in [2.05, 4.69) is 20.6 Å². The van der Waals surface area contributed by atoms with Gasteiger partial charge in [0.25, 0.3) is 0 Å². The van der Waals surface area contributed by atoms with E-state index < -0.39 is 0 Å². The number of anilines is 1. The van der Waals surface area contributed by atoms with Crippen molar-refractivity contribution < 1.29 is 9.18 Å². The molecule has 1 aromatic carbocycles. The van der Waals surface area contributed by atoms with E-state index in [0.29, 0.717) is 19.6 Å². The molecule has 0 aliphatic carbocycles. The van der Waals surface area contributed by atoms with Crippen LogP contribution in [0.15, 0.2) is 42.9 Å². The van der Waals surface area contributed by atoms with Gasteiger partial charge in [0.2, 0.25) is 0 Å². The highest BCUT2D eigenvalue weighted by molar-refractivity contribution is 5.74. The van der Waals surface area contributed by atoms with Gasteiger partial charge in [0.1, 0.15) is 11.6 Å². The number of amides is 2. The average molecular weight is 301 g/mol. The molecule has 114 valence electrons. The predicted octanol–water partition coefficient (Wildman–Crippen LogP) is 1.30. The zero-order valence-corrected chi connectivity index (χ0v) is 11.9. The van der Waals surface area contributed by atoms with E-state index in [1.807, 2.05) is 4.90 Å². The van der Waals surface area contributed by atoms with Crippen LogP contribution in [0.1, 0.15) is 5.56 Å². The second kappa shape index (κ2) is 6.38. The van der Waals surface area contributed by atoms with Crippen LogP contribution < -0.4 is 15.5 Å². The van der Waals surface area contributed by atoms with E-state index in [-0.39, 0.29) is 17.9 Å². The largest absolute Gasteiger partial charge is 0.351 e. The quantitative estimate of drug-likeness (QED) is 0.893. The SMILES string of the molecule is O=C(NCc1ccc(F)cc1)NC1CN(c2cnccn2)C1. The first-order valence-corrected chi connectivity index (χ1v) is 7.00. The number of carbonyl (C=O) groups is 1. The molecular formula is C15H16FN5O. The number of carbonyl (C=O) groups excluding carboxylic acids is 1. The van der Waals surface area contributed by atoms with Crippen LogP contribution >= 0.6 is 0 Å². The molecule has 0 spiro atoms. The summed E-state index contributed by atoms with van der Waals surface area (Å²) < 4.78 is 12.8. The van der Waals surface area contributed by atoms with Crippen LogP contribution in [-0.2, 0) is 6.54 Å². The van der Waals surface area contributed by atoms with Crippen LogP contribution in [0.25, 0.3) is 0 Å². The second-order valence-electron chi connectivity index (χ2n) is 5.12. The van der Waals surface area contributed by atoms with Crippen molar-refractivity contribution in [1.82, 2.24) is 20.6 Å². The molecular weight excluding hydrogens is 285 g/mol. The number of hydrogen-bond acceptors (Lipinski definition) is 4. The van der Waals surface area contributed by atoms with Gasteiger partial charge in [-0.1, -0.05) is 12.1 Å². The molecule has 2 amide bonds. The molecule has 22 heavy (non-hydrogen) atoms. The zero-order chi connectivity index (χ0) is 15.4. The normalized spacial score (nSPS) is 14.3. The van der Waals surface area contributed by atoms with Crippen molar-refractivity contribution in [3.63, 3.8) is 0 Å². The molecule has 1 saturated heterocycles. The number of urea groups is 1. The number of nitrogens with one attached hydrogen (secondary N) is 2. The fourth-order valence-electron chi connectivity index (χ4n) is 2.23. The highest BCUT2D eigenvalue weighted by Gasteiger charge is 2.28. The van der Waals surface area contributed by atoms with Gasteiger partial charge >= 0.3 is 6.03 Å². The Balaban J connectivity index is 1.39. The van der Waals surface area contributed by atoms with Gasteiger partial charge in [-0.2, -0.15) is 0 Å². The first kappa shape index (κ1) is 14.2. The lowest BCUT2D eigenvalue weighted by molar-refractivity contribution is 0.233. The van der Waals surface area contributed by atoms with Gasteiger partial charge in [-0.15, -0.1) is 0 Å². The summed E-state index contributed by atoms with van der Waals surface area (Å²) >= 11 is 0. The molecule has 1 aromatic heterocycles.